The molecule has 4 aromatic carbocycles. The Balaban J connectivity index is 0.000000168. The summed E-state index contributed by atoms with van der Waals surface area (Å²) in [5, 5.41) is 11.1. The molecular weight excluding hydrogens is 1220 g/mol. The largest absolute Gasteiger partial charge is 0.519 e. The van der Waals surface area contributed by atoms with Gasteiger partial charge in [0.1, 0.15) is 60.5 Å². The number of likely N-dealkylation sites (tertiary alicyclic amines) is 2. The molecule has 6 fully saturated rings. The van der Waals surface area contributed by atoms with Crippen molar-refractivity contribution in [3.05, 3.63) is 136 Å². The molecule has 3 aliphatic heterocycles. The van der Waals surface area contributed by atoms with Crippen molar-refractivity contribution in [3.63, 3.8) is 0 Å². The lowest BCUT2D eigenvalue weighted by Gasteiger charge is -2.31. The van der Waals surface area contributed by atoms with Crippen LogP contribution >= 0.6 is 11.6 Å². The number of ether oxygens (including phenoxy) is 6. The van der Waals surface area contributed by atoms with Gasteiger partial charge < -0.3 is 49.7 Å². The molecule has 5 aromatic rings. The average Bonchev–Trinajstić information content (AvgIpc) is 1.64. The van der Waals surface area contributed by atoms with Crippen LogP contribution in [-0.2, 0) is 73.9 Å². The van der Waals surface area contributed by atoms with Crippen molar-refractivity contribution >= 4 is 70.6 Å². The summed E-state index contributed by atoms with van der Waals surface area (Å²) < 4.78 is 46.0. The lowest BCUT2D eigenvalue weighted by atomic mass is 10.0. The number of hydrogen-bond acceptors (Lipinski definition) is 16. The number of nitrogens with one attached hydrogen (secondary N) is 2. The van der Waals surface area contributed by atoms with Crippen molar-refractivity contribution in [2.75, 3.05) is 0 Å². The maximum absolute atomic E-state index is 14.3. The van der Waals surface area contributed by atoms with E-state index < -0.39 is 59.0 Å². The topological polar surface area (TPSA) is 266 Å². The Labute approximate surface area is 548 Å². The minimum atomic E-state index is -1.06. The van der Waals surface area contributed by atoms with Gasteiger partial charge in [0.25, 0.3) is 5.91 Å². The summed E-state index contributed by atoms with van der Waals surface area (Å²) in [6.45, 7) is 16.0. The highest BCUT2D eigenvalue weighted by molar-refractivity contribution is 6.30. The lowest BCUT2D eigenvalue weighted by molar-refractivity contribution is -0.150. The van der Waals surface area contributed by atoms with Gasteiger partial charge in [-0.3, -0.25) is 28.8 Å². The molecule has 11 rings (SSSR count). The second kappa shape index (κ2) is 31.2. The first-order valence-corrected chi connectivity index (χ1v) is 32.5. The van der Waals surface area contributed by atoms with Gasteiger partial charge in [-0.1, -0.05) is 122 Å². The summed E-state index contributed by atoms with van der Waals surface area (Å²) in [7, 11) is 0. The lowest BCUT2D eigenvalue weighted by Crippen LogP contribution is -2.49. The average molecular weight is 1310 g/mol. The van der Waals surface area contributed by atoms with E-state index in [1.807, 2.05) is 81.4 Å². The molecule has 9 atom stereocenters. The van der Waals surface area contributed by atoms with Crippen LogP contribution in [0.15, 0.2) is 103 Å². The quantitative estimate of drug-likeness (QED) is 0.0595. The minimum Gasteiger partial charge on any atom is -0.460 e. The number of nitrogens with two attached hydrogens (primary N) is 1. The first-order chi connectivity index (χ1) is 44.0. The number of aromatic nitrogens is 2. The number of amides is 4. The fourth-order valence-electron chi connectivity index (χ4n) is 13.2. The number of esters is 2. The number of benzene rings is 4. The van der Waals surface area contributed by atoms with E-state index in [4.69, 9.17) is 41.0 Å². The molecule has 3 saturated heterocycles. The van der Waals surface area contributed by atoms with E-state index >= 15 is 0 Å². The second-order valence-electron chi connectivity index (χ2n) is 27.5. The first kappa shape index (κ1) is 70.8. The number of primary amides is 1. The third kappa shape index (κ3) is 19.7. The zero-order valence-corrected chi connectivity index (χ0v) is 55.4. The van der Waals surface area contributed by atoms with Crippen molar-refractivity contribution in [1.82, 2.24) is 30.2 Å². The molecule has 93 heavy (non-hydrogen) atoms. The van der Waals surface area contributed by atoms with Crippen LogP contribution in [0.2, 0.25) is 5.02 Å². The van der Waals surface area contributed by atoms with Gasteiger partial charge in [0.15, 0.2) is 5.69 Å². The summed E-state index contributed by atoms with van der Waals surface area (Å²) >= 11 is 5.85. The van der Waals surface area contributed by atoms with Gasteiger partial charge in [0.2, 0.25) is 11.8 Å². The van der Waals surface area contributed by atoms with Gasteiger partial charge in [0.05, 0.1) is 10.5 Å². The van der Waals surface area contributed by atoms with Crippen molar-refractivity contribution in [2.45, 2.75) is 219 Å². The Bertz CT molecular complexity index is 3400. The number of rotatable bonds is 12. The summed E-state index contributed by atoms with van der Waals surface area (Å²) in [4.78, 5) is 101. The van der Waals surface area contributed by atoms with Gasteiger partial charge in [-0.15, -0.1) is 0 Å². The molecule has 0 spiro atoms. The monoisotopic (exact) mass is 1310 g/mol. The third-order valence-electron chi connectivity index (χ3n) is 17.1. The van der Waals surface area contributed by atoms with Gasteiger partial charge in [-0.2, -0.15) is 5.10 Å². The third-order valence-corrected chi connectivity index (χ3v) is 17.4. The Morgan fingerprint density at radius 1 is 0.613 bits per heavy atom. The molecular formula is C70H89ClFN7O14. The highest BCUT2D eigenvalue weighted by Gasteiger charge is 2.51. The Kier molecular flexibility index (Phi) is 23.7. The maximum Gasteiger partial charge on any atom is 0.519 e. The van der Waals surface area contributed by atoms with E-state index in [9.17, 15) is 42.7 Å². The minimum absolute atomic E-state index is 0.00858. The van der Waals surface area contributed by atoms with Crippen molar-refractivity contribution in [3.8, 4) is 0 Å². The zero-order chi connectivity index (χ0) is 67.4. The van der Waals surface area contributed by atoms with Gasteiger partial charge in [-0.05, 0) is 161 Å². The van der Waals surface area contributed by atoms with Gasteiger partial charge in [0, 0.05) is 35.6 Å². The van der Waals surface area contributed by atoms with E-state index in [0.29, 0.717) is 48.2 Å². The van der Waals surface area contributed by atoms with E-state index in [1.165, 1.54) is 30.0 Å². The molecule has 6 aliphatic rings. The molecule has 4 N–H and O–H groups in total. The van der Waals surface area contributed by atoms with Crippen LogP contribution in [0.3, 0.4) is 0 Å². The molecule has 4 amide bonds. The van der Waals surface area contributed by atoms with Gasteiger partial charge in [-0.25, -0.2) is 23.6 Å². The Morgan fingerprint density at radius 2 is 1.14 bits per heavy atom. The molecule has 1 aromatic heterocycles. The summed E-state index contributed by atoms with van der Waals surface area (Å²) in [6, 6.07) is 30.5. The molecule has 21 nitrogen and oxygen atoms in total. The Morgan fingerprint density at radius 3 is 1.71 bits per heavy atom. The van der Waals surface area contributed by atoms with Crippen LogP contribution in [-0.4, -0.2) is 121 Å². The number of nitrogens with zero attached hydrogens (tertiary/aromatic N) is 4. The number of halogens is 2. The van der Waals surface area contributed by atoms with Crippen LogP contribution in [0.4, 0.5) is 18.8 Å². The highest BCUT2D eigenvalue weighted by Crippen LogP contribution is 2.44. The molecule has 23 heteroatoms. The molecule has 3 aliphatic carbocycles. The van der Waals surface area contributed by atoms with Crippen molar-refractivity contribution < 1.29 is 71.2 Å². The van der Waals surface area contributed by atoms with Crippen LogP contribution in [0.1, 0.15) is 167 Å². The molecule has 502 valence electrons. The van der Waals surface area contributed by atoms with E-state index in [-0.39, 0.29) is 83.8 Å². The first-order valence-electron chi connectivity index (χ1n) is 32.1. The standard InChI is InChI=1S/C25H25ClFN5O3.C20H27NO4.C15H19NO2.C10H18O5/c26-17-8-3-6-15(22(17)27)12-29-25(35)20-11-14-5-4-10-18(14)32(20)21(33)13-31-19-9-2-1-7-16(19)23(30-31)24(28)34;1-20(2,3)25-19(23)21-16-11-7-10-15(16)12-17(21)18(22)24-13-14-8-5-4-6-9-14;17-15(18-10-11-5-2-1-3-6-11)14-9-12-7-4-8-13(12)16-14;1-9(2,3)14-7(11)13-8(12)15-10(4,5)6/h1-3,6-9,14,18,20H,4-5,10-13H2,(H2,28,34)(H,29,35);4-6,8-9,15-17H,7,10-13H2,1-3H3;1-3,5-6,12-14,16H,4,7-10H2;1-6H3/t14-,18-,20-;15-,16-,17-;12-,13-,14-;/m000./s1. The summed E-state index contributed by atoms with van der Waals surface area (Å²) in [5.74, 6) is -0.920. The fraction of sp³-hybridized carbons (Fsp3) is 0.529. The number of carbonyl (C=O) groups is 8. The summed E-state index contributed by atoms with van der Waals surface area (Å²) in [6.07, 6.45) is 9.34. The van der Waals surface area contributed by atoms with E-state index in [0.717, 1.165) is 56.1 Å². The van der Waals surface area contributed by atoms with Crippen molar-refractivity contribution in [1.29, 1.82) is 0 Å². The number of fused-ring (bicyclic) bond motifs is 4. The number of carbonyl (C=O) groups excluding carboxylic acids is 8. The Hall–Kier alpha value is -8.11. The molecule has 0 bridgehead atoms. The smallest absolute Gasteiger partial charge is 0.460 e. The SMILES string of the molecule is CC(C)(C)OC(=O)N1[C@H](C(=O)OCc2ccccc2)C[C@@H]2CCC[C@@H]21.CC(C)(C)OC(=O)OC(=O)OC(C)(C)C.NC(=O)c1nn(CC(=O)N2[C@H](C(=O)NCc3cccc(Cl)c3F)C[C@@H]3CCC[C@@H]32)c2ccccc12.O=C(OCc1ccccc1)[C@@H]1C[C@@H]2CCC[C@@H]2N1. The molecule has 3 saturated carbocycles. The fourth-order valence-corrected chi connectivity index (χ4v) is 13.4. The normalized spacial score (nSPS) is 22.6. The predicted octanol–water partition coefficient (Wildman–Crippen LogP) is 12.1. The predicted molar refractivity (Wildman–Crippen MR) is 344 cm³/mol. The second-order valence-corrected chi connectivity index (χ2v) is 27.9. The number of para-hydroxylation sites is 1. The molecule has 4 heterocycles. The van der Waals surface area contributed by atoms with Crippen LogP contribution in [0.25, 0.3) is 10.9 Å². The number of hydrogen-bond donors (Lipinski definition) is 3. The highest BCUT2D eigenvalue weighted by atomic mass is 35.5. The van der Waals surface area contributed by atoms with Crippen molar-refractivity contribution in [2.24, 2.45) is 23.5 Å². The van der Waals surface area contributed by atoms with Crippen LogP contribution in [0.5, 0.6) is 0 Å². The van der Waals surface area contributed by atoms with E-state index in [1.54, 1.807) is 87.7 Å². The van der Waals surface area contributed by atoms with Gasteiger partial charge >= 0.3 is 30.3 Å². The molecule has 0 unspecified atom stereocenters. The zero-order valence-electron chi connectivity index (χ0n) is 54.7. The molecule has 0 radical (unpaired) electrons. The van der Waals surface area contributed by atoms with Crippen LogP contribution < -0.4 is 16.4 Å². The van der Waals surface area contributed by atoms with E-state index in [2.05, 4.69) is 20.5 Å². The maximum atomic E-state index is 14.3. The van der Waals surface area contributed by atoms with Crippen LogP contribution in [0, 0.1) is 23.6 Å². The summed E-state index contributed by atoms with van der Waals surface area (Å²) in [5.41, 5.74) is 6.51.